The van der Waals surface area contributed by atoms with Crippen molar-refractivity contribution in [1.82, 2.24) is 4.72 Å². The van der Waals surface area contributed by atoms with Crippen LogP contribution in [0.15, 0.2) is 17.0 Å². The SMILES string of the molecule is CCC(CC)(CC)NS(=O)(=O)c1cc(N)c(Cl)cc1C. The highest BCUT2D eigenvalue weighted by Crippen LogP contribution is 2.28. The monoisotopic (exact) mass is 318 g/mol. The van der Waals surface area contributed by atoms with Crippen molar-refractivity contribution in [2.45, 2.75) is 57.4 Å². The van der Waals surface area contributed by atoms with Gasteiger partial charge in [0.05, 0.1) is 15.6 Å². The van der Waals surface area contributed by atoms with Gasteiger partial charge in [-0.1, -0.05) is 32.4 Å². The maximum Gasteiger partial charge on any atom is 0.241 e. The van der Waals surface area contributed by atoms with Crippen LogP contribution >= 0.6 is 11.6 Å². The molecule has 114 valence electrons. The molecule has 4 nitrogen and oxygen atoms in total. The van der Waals surface area contributed by atoms with Gasteiger partial charge in [0.15, 0.2) is 0 Å². The number of sulfonamides is 1. The summed E-state index contributed by atoms with van der Waals surface area (Å²) >= 11 is 5.91. The summed E-state index contributed by atoms with van der Waals surface area (Å²) in [6, 6.07) is 3.00. The first-order valence-electron chi connectivity index (χ1n) is 6.81. The molecule has 0 saturated carbocycles. The number of halogens is 1. The molecule has 3 N–H and O–H groups in total. The van der Waals surface area contributed by atoms with Crippen LogP contribution in [0, 0.1) is 6.92 Å². The van der Waals surface area contributed by atoms with Crippen LogP contribution in [0.3, 0.4) is 0 Å². The first kappa shape index (κ1) is 17.3. The molecule has 0 aromatic heterocycles. The lowest BCUT2D eigenvalue weighted by Gasteiger charge is -2.31. The largest absolute Gasteiger partial charge is 0.397 e. The van der Waals surface area contributed by atoms with Gasteiger partial charge in [-0.2, -0.15) is 0 Å². The quantitative estimate of drug-likeness (QED) is 0.789. The van der Waals surface area contributed by atoms with Crippen LogP contribution in [0.25, 0.3) is 0 Å². The van der Waals surface area contributed by atoms with Crippen molar-refractivity contribution in [3.63, 3.8) is 0 Å². The molecule has 0 heterocycles. The van der Waals surface area contributed by atoms with Gasteiger partial charge in [0.2, 0.25) is 10.0 Å². The molecule has 0 atom stereocenters. The van der Waals surface area contributed by atoms with E-state index in [1.807, 2.05) is 20.8 Å². The van der Waals surface area contributed by atoms with Crippen LogP contribution in [-0.4, -0.2) is 14.0 Å². The number of hydrogen-bond donors (Lipinski definition) is 2. The van der Waals surface area contributed by atoms with Gasteiger partial charge >= 0.3 is 0 Å². The average Bonchev–Trinajstić information content (AvgIpc) is 2.40. The highest BCUT2D eigenvalue weighted by Gasteiger charge is 2.31. The van der Waals surface area contributed by atoms with E-state index < -0.39 is 15.6 Å². The lowest BCUT2D eigenvalue weighted by molar-refractivity contribution is 0.341. The van der Waals surface area contributed by atoms with Crippen LogP contribution in [0.2, 0.25) is 5.02 Å². The zero-order valence-corrected chi connectivity index (χ0v) is 14.0. The Morgan fingerprint density at radius 2 is 1.70 bits per heavy atom. The van der Waals surface area contributed by atoms with Gasteiger partial charge in [-0.05, 0) is 43.9 Å². The number of nitrogens with two attached hydrogens (primary N) is 1. The van der Waals surface area contributed by atoms with Gasteiger partial charge in [-0.25, -0.2) is 13.1 Å². The van der Waals surface area contributed by atoms with Crippen molar-refractivity contribution >= 4 is 27.3 Å². The predicted molar refractivity (Wildman–Crippen MR) is 84.5 cm³/mol. The van der Waals surface area contributed by atoms with Gasteiger partial charge in [0.25, 0.3) is 0 Å². The summed E-state index contributed by atoms with van der Waals surface area (Å²) in [5, 5.41) is 0.370. The summed E-state index contributed by atoms with van der Waals surface area (Å²) in [4.78, 5) is 0.194. The topological polar surface area (TPSA) is 72.2 Å². The number of hydrogen-bond acceptors (Lipinski definition) is 3. The van der Waals surface area contributed by atoms with E-state index in [-0.39, 0.29) is 10.6 Å². The highest BCUT2D eigenvalue weighted by molar-refractivity contribution is 7.89. The van der Waals surface area contributed by atoms with Crippen molar-refractivity contribution < 1.29 is 8.42 Å². The number of nitrogens with one attached hydrogen (secondary N) is 1. The van der Waals surface area contributed by atoms with Gasteiger partial charge in [0, 0.05) is 5.54 Å². The molecular weight excluding hydrogens is 296 g/mol. The molecule has 0 amide bonds. The number of anilines is 1. The molecule has 0 unspecified atom stereocenters. The lowest BCUT2D eigenvalue weighted by atomic mass is 9.91. The second-order valence-electron chi connectivity index (χ2n) is 5.09. The summed E-state index contributed by atoms with van der Waals surface area (Å²) in [5.41, 5.74) is 6.17. The summed E-state index contributed by atoms with van der Waals surface area (Å²) in [6.45, 7) is 7.67. The van der Waals surface area contributed by atoms with E-state index >= 15 is 0 Å². The van der Waals surface area contributed by atoms with Gasteiger partial charge in [-0.3, -0.25) is 0 Å². The van der Waals surface area contributed by atoms with E-state index in [1.54, 1.807) is 13.0 Å². The maximum absolute atomic E-state index is 12.6. The van der Waals surface area contributed by atoms with Crippen LogP contribution in [-0.2, 0) is 10.0 Å². The number of nitrogen functional groups attached to an aromatic ring is 1. The molecule has 1 aromatic rings. The van der Waals surface area contributed by atoms with E-state index in [2.05, 4.69) is 4.72 Å². The molecule has 0 aliphatic carbocycles. The van der Waals surface area contributed by atoms with Gasteiger partial charge in [-0.15, -0.1) is 0 Å². The first-order chi connectivity index (χ1) is 9.21. The van der Waals surface area contributed by atoms with Crippen LogP contribution in [0.5, 0.6) is 0 Å². The molecule has 6 heteroatoms. The van der Waals surface area contributed by atoms with E-state index in [0.29, 0.717) is 10.6 Å². The average molecular weight is 319 g/mol. The fourth-order valence-corrected chi connectivity index (χ4v) is 4.36. The summed E-state index contributed by atoms with van der Waals surface area (Å²) < 4.78 is 28.0. The minimum Gasteiger partial charge on any atom is -0.397 e. The fraction of sp³-hybridized carbons (Fsp3) is 0.571. The Hall–Kier alpha value is -0.780. The summed E-state index contributed by atoms with van der Waals surface area (Å²) in [5.74, 6) is 0. The van der Waals surface area contributed by atoms with Crippen LogP contribution in [0.4, 0.5) is 5.69 Å². The van der Waals surface area contributed by atoms with Gasteiger partial charge < -0.3 is 5.73 Å². The third-order valence-electron chi connectivity index (χ3n) is 3.96. The molecule has 0 aliphatic rings. The highest BCUT2D eigenvalue weighted by atomic mass is 35.5. The molecule has 0 saturated heterocycles. The molecule has 0 radical (unpaired) electrons. The second kappa shape index (κ2) is 6.33. The molecule has 0 fully saturated rings. The van der Waals surface area contributed by atoms with Crippen molar-refractivity contribution in [1.29, 1.82) is 0 Å². The molecule has 0 aliphatic heterocycles. The summed E-state index contributed by atoms with van der Waals surface area (Å²) in [7, 11) is -3.61. The Labute approximate surface area is 126 Å². The van der Waals surface area contributed by atoms with Gasteiger partial charge in [0.1, 0.15) is 0 Å². The Morgan fingerprint density at radius 3 is 2.15 bits per heavy atom. The lowest BCUT2D eigenvalue weighted by Crippen LogP contribution is -2.47. The first-order valence-corrected chi connectivity index (χ1v) is 8.67. The number of rotatable bonds is 6. The Morgan fingerprint density at radius 1 is 1.20 bits per heavy atom. The third-order valence-corrected chi connectivity index (χ3v) is 6.01. The molecular formula is C14H23ClN2O2S. The maximum atomic E-state index is 12.6. The molecule has 1 rings (SSSR count). The van der Waals surface area contributed by atoms with Crippen molar-refractivity contribution in [3.8, 4) is 0 Å². The van der Waals surface area contributed by atoms with Crippen molar-refractivity contribution in [2.24, 2.45) is 0 Å². The normalized spacial score (nSPS) is 12.7. The van der Waals surface area contributed by atoms with E-state index in [0.717, 1.165) is 19.3 Å². The molecule has 1 aromatic carbocycles. The van der Waals surface area contributed by atoms with E-state index in [1.165, 1.54) is 6.07 Å². The molecule has 0 spiro atoms. The second-order valence-corrected chi connectivity index (χ2v) is 7.14. The fourth-order valence-electron chi connectivity index (χ4n) is 2.26. The minimum absolute atomic E-state index is 0.194. The Bertz CT molecular complexity index is 573. The third kappa shape index (κ3) is 3.45. The van der Waals surface area contributed by atoms with Crippen LogP contribution in [0.1, 0.15) is 45.6 Å². The van der Waals surface area contributed by atoms with E-state index in [4.69, 9.17) is 17.3 Å². The number of aryl methyl sites for hydroxylation is 1. The molecule has 0 bridgehead atoms. The van der Waals surface area contributed by atoms with E-state index in [9.17, 15) is 8.42 Å². The predicted octanol–water partition coefficient (Wildman–Crippen LogP) is 3.48. The molecule has 20 heavy (non-hydrogen) atoms. The van der Waals surface area contributed by atoms with Crippen molar-refractivity contribution in [2.75, 3.05) is 5.73 Å². The Kier molecular flexibility index (Phi) is 5.46. The zero-order valence-electron chi connectivity index (χ0n) is 12.5. The standard InChI is InChI=1S/C14H23ClN2O2S/c1-5-14(6-2,7-3)17-20(18,19)13-9-12(16)11(15)8-10(13)4/h8-9,17H,5-7,16H2,1-4H3. The van der Waals surface area contributed by atoms with Crippen LogP contribution < -0.4 is 10.5 Å². The smallest absolute Gasteiger partial charge is 0.241 e. The number of benzene rings is 1. The summed E-state index contributed by atoms with van der Waals surface area (Å²) in [6.07, 6.45) is 2.21. The minimum atomic E-state index is -3.61. The van der Waals surface area contributed by atoms with Crippen molar-refractivity contribution in [3.05, 3.63) is 22.7 Å². The zero-order chi connectivity index (χ0) is 15.6. The Balaban J connectivity index is 3.28.